The number of ether oxygens (including phenoxy) is 2. The highest BCUT2D eigenvalue weighted by Crippen LogP contribution is 2.32. The number of carbonyl (C=O) groups is 2. The van der Waals surface area contributed by atoms with Gasteiger partial charge in [-0.25, -0.2) is 8.78 Å². The Hall–Kier alpha value is -3.45. The van der Waals surface area contributed by atoms with Crippen LogP contribution < -0.4 is 31.7 Å². The van der Waals surface area contributed by atoms with Gasteiger partial charge in [-0.3, -0.25) is 4.79 Å². The number of nitrogens with zero attached hydrogens (tertiary/aromatic N) is 1. The monoisotopic (exact) mass is 747 g/mol. The third-order valence-corrected chi connectivity index (χ3v) is 6.25. The van der Waals surface area contributed by atoms with Crippen molar-refractivity contribution in [3.63, 3.8) is 0 Å². The van der Waals surface area contributed by atoms with Gasteiger partial charge >= 0.3 is 0 Å². The largest absolute Gasteiger partial charge is 0.487 e. The van der Waals surface area contributed by atoms with E-state index in [0.29, 0.717) is 18.5 Å². The molecule has 0 atom stereocenters. The summed E-state index contributed by atoms with van der Waals surface area (Å²) in [7, 11) is 8.90. The number of carbonyl (C=O) groups excluding carboxylic acids is 2. The minimum absolute atomic E-state index is 0.0417. The molecule has 13 heteroatoms. The van der Waals surface area contributed by atoms with Crippen LogP contribution in [-0.4, -0.2) is 67.0 Å². The lowest BCUT2D eigenvalue weighted by atomic mass is 10.1. The molecule has 0 radical (unpaired) electrons. The van der Waals surface area contributed by atoms with E-state index in [1.165, 1.54) is 0 Å². The number of nitrogen functional groups attached to an aromatic ring is 1. The number of benzene rings is 3. The molecule has 9 nitrogen and oxygen atoms in total. The first-order valence-electron chi connectivity index (χ1n) is 14.5. The van der Waals surface area contributed by atoms with Gasteiger partial charge in [-0.2, -0.15) is 0 Å². The molecule has 0 amide bonds. The number of nitrogens with two attached hydrogens (primary N) is 2. The average molecular weight is 749 g/mol. The van der Waals surface area contributed by atoms with Crippen LogP contribution >= 0.6 is 27.5 Å². The minimum Gasteiger partial charge on any atom is -0.487 e. The Morgan fingerprint density at radius 3 is 1.87 bits per heavy atom. The third-order valence-electron chi connectivity index (χ3n) is 5.39. The number of methoxy groups -OCH3 is 1. The summed E-state index contributed by atoms with van der Waals surface area (Å²) in [5.41, 5.74) is 15.4. The predicted octanol–water partition coefficient (Wildman–Crippen LogP) is 8.40. The van der Waals surface area contributed by atoms with Crippen LogP contribution in [0.3, 0.4) is 0 Å². The number of hydrogen-bond donors (Lipinski definition) is 4. The van der Waals surface area contributed by atoms with Gasteiger partial charge in [0.1, 0.15) is 19.1 Å². The first-order valence-corrected chi connectivity index (χ1v) is 15.7. The van der Waals surface area contributed by atoms with E-state index < -0.39 is 13.0 Å². The average Bonchev–Trinajstić information content (AvgIpc) is 3.07. The van der Waals surface area contributed by atoms with Crippen molar-refractivity contribution in [2.45, 2.75) is 53.2 Å². The normalized spacial score (nSPS) is 9.53. The fraction of sp³-hybridized carbons (Fsp3) is 0.412. The second-order valence-corrected chi connectivity index (χ2v) is 11.3. The van der Waals surface area contributed by atoms with E-state index in [4.69, 9.17) is 37.3 Å². The number of anilines is 4. The van der Waals surface area contributed by atoms with Gasteiger partial charge in [-0.1, -0.05) is 47.4 Å². The van der Waals surface area contributed by atoms with E-state index >= 15 is 0 Å². The van der Waals surface area contributed by atoms with Gasteiger partial charge < -0.3 is 41.3 Å². The van der Waals surface area contributed by atoms with Crippen LogP contribution in [0.1, 0.15) is 50.5 Å². The zero-order chi connectivity index (χ0) is 37.2. The van der Waals surface area contributed by atoms with E-state index in [1.807, 2.05) is 110 Å². The topological polar surface area (TPSA) is 132 Å². The quantitative estimate of drug-likeness (QED) is 0.133. The molecule has 0 fully saturated rings. The van der Waals surface area contributed by atoms with Crippen molar-refractivity contribution in [1.82, 2.24) is 0 Å². The summed E-state index contributed by atoms with van der Waals surface area (Å²) in [6.45, 7) is 11.9. The second kappa shape index (κ2) is 27.6. The highest BCUT2D eigenvalue weighted by Gasteiger charge is 2.13. The molecule has 0 spiro atoms. The molecule has 6 N–H and O–H groups in total. The molecular weight excluding hydrogens is 696 g/mol. The maximum Gasteiger partial charge on any atom is 0.272 e. The van der Waals surface area contributed by atoms with Gasteiger partial charge in [0.15, 0.2) is 6.29 Å². The molecule has 0 aliphatic heterocycles. The molecular formula is C34H53BrClF2N5O4. The van der Waals surface area contributed by atoms with E-state index in [2.05, 4.69) is 26.6 Å². The fourth-order valence-corrected chi connectivity index (χ4v) is 3.35. The molecule has 0 aromatic heterocycles. The third kappa shape index (κ3) is 22.7. The summed E-state index contributed by atoms with van der Waals surface area (Å²) < 4.78 is 35.1. The zero-order valence-corrected chi connectivity index (χ0v) is 31.6. The summed E-state index contributed by atoms with van der Waals surface area (Å²) >= 11 is 9.14. The fourth-order valence-electron chi connectivity index (χ4n) is 2.88. The second-order valence-electron chi connectivity index (χ2n) is 10.0. The molecule has 0 aliphatic rings. The van der Waals surface area contributed by atoms with Gasteiger partial charge in [0.2, 0.25) is 0 Å². The Kier molecular flexibility index (Phi) is 28.2. The number of rotatable bonds is 8. The van der Waals surface area contributed by atoms with Crippen molar-refractivity contribution in [3.8, 4) is 5.75 Å². The lowest BCUT2D eigenvalue weighted by Gasteiger charge is -2.19. The Morgan fingerprint density at radius 1 is 1.00 bits per heavy atom. The minimum atomic E-state index is -2.57. The van der Waals surface area contributed by atoms with Gasteiger partial charge in [0, 0.05) is 58.1 Å². The maximum atomic E-state index is 12.1. The van der Waals surface area contributed by atoms with E-state index in [0.717, 1.165) is 32.1 Å². The summed E-state index contributed by atoms with van der Waals surface area (Å²) in [5, 5.41) is 6.64. The molecule has 0 saturated heterocycles. The molecule has 0 heterocycles. The zero-order valence-electron chi connectivity index (χ0n) is 29.2. The van der Waals surface area contributed by atoms with Gasteiger partial charge in [0.05, 0.1) is 33.2 Å². The van der Waals surface area contributed by atoms with E-state index in [9.17, 15) is 13.6 Å². The highest BCUT2D eigenvalue weighted by molar-refractivity contribution is 9.10. The first-order chi connectivity index (χ1) is 22.1. The van der Waals surface area contributed by atoms with Crippen molar-refractivity contribution >= 4 is 63.4 Å². The van der Waals surface area contributed by atoms with Crippen LogP contribution in [0.2, 0.25) is 5.02 Å². The Bertz CT molecular complexity index is 1230. The van der Waals surface area contributed by atoms with Crippen molar-refractivity contribution in [3.05, 3.63) is 75.2 Å². The molecule has 3 rings (SSSR count). The molecule has 0 unspecified atom stereocenters. The van der Waals surface area contributed by atoms with Crippen molar-refractivity contribution < 1.29 is 27.8 Å². The lowest BCUT2D eigenvalue weighted by Crippen LogP contribution is -2.15. The van der Waals surface area contributed by atoms with Crippen LogP contribution in [0.25, 0.3) is 0 Å². The van der Waals surface area contributed by atoms with E-state index in [1.54, 1.807) is 26.3 Å². The smallest absolute Gasteiger partial charge is 0.272 e. The van der Waals surface area contributed by atoms with E-state index in [-0.39, 0.29) is 16.9 Å². The number of alkyl halides is 2. The molecule has 266 valence electrons. The molecule has 3 aromatic carbocycles. The van der Waals surface area contributed by atoms with Crippen molar-refractivity contribution in [1.29, 1.82) is 0 Å². The number of aldehydes is 1. The standard InChI is InChI=1S/C12H16F2N2O2.C8H11ClN2.C6H6BrN.C5H12O.C2H6.CH2O/c1-15-9-5-11(18-7-12(13)14)8(6-17)4-10(9)16(2)3;1-11-8-4-6(5-10)2-3-7(8)9;7-5-1-3-6(8)4-2-5;1-5(2,3)6-4;2*1-2/h4-6,12,15H,7H2,1-3H3;2-4,11H,5,10H2,1H3;1-4H,8H2;1-4H3;1-2H3;1H2. The Morgan fingerprint density at radius 2 is 1.51 bits per heavy atom. The Labute approximate surface area is 293 Å². The summed E-state index contributed by atoms with van der Waals surface area (Å²) in [6.07, 6.45) is -1.98. The molecule has 0 saturated carbocycles. The van der Waals surface area contributed by atoms with Gasteiger partial charge in [-0.05, 0) is 68.8 Å². The number of halogens is 4. The van der Waals surface area contributed by atoms with Crippen LogP contribution in [-0.2, 0) is 16.1 Å². The van der Waals surface area contributed by atoms with Crippen LogP contribution in [0, 0.1) is 0 Å². The van der Waals surface area contributed by atoms with Gasteiger partial charge in [-0.15, -0.1) is 0 Å². The molecule has 3 aromatic rings. The van der Waals surface area contributed by atoms with Crippen LogP contribution in [0.4, 0.5) is 31.5 Å². The summed E-state index contributed by atoms with van der Waals surface area (Å²) in [6, 6.07) is 16.4. The van der Waals surface area contributed by atoms with Crippen molar-refractivity contribution in [2.75, 3.05) is 63.2 Å². The van der Waals surface area contributed by atoms with Crippen molar-refractivity contribution in [2.24, 2.45) is 5.73 Å². The van der Waals surface area contributed by atoms with Gasteiger partial charge in [0.25, 0.3) is 6.43 Å². The number of nitrogens with one attached hydrogen (secondary N) is 2. The maximum absolute atomic E-state index is 12.1. The van der Waals surface area contributed by atoms with Crippen LogP contribution in [0.15, 0.2) is 59.1 Å². The Balaban J connectivity index is -0.000000571. The molecule has 0 aliphatic carbocycles. The summed E-state index contributed by atoms with van der Waals surface area (Å²) in [4.78, 5) is 20.8. The molecule has 0 bridgehead atoms. The SMILES string of the molecule is C=O.CC.CNc1cc(CN)ccc1Cl.CNc1cc(OCC(F)F)c(C=O)cc1N(C)C.COC(C)(C)C.Nc1ccc(Br)cc1. The first kappa shape index (κ1) is 48.0. The summed E-state index contributed by atoms with van der Waals surface area (Å²) in [5.74, 6) is 0.153. The number of hydrogen-bond acceptors (Lipinski definition) is 9. The molecule has 47 heavy (non-hydrogen) atoms. The highest BCUT2D eigenvalue weighted by atomic mass is 79.9. The lowest BCUT2D eigenvalue weighted by molar-refractivity contribution is -0.0980. The van der Waals surface area contributed by atoms with Crippen LogP contribution in [0.5, 0.6) is 5.75 Å². The predicted molar refractivity (Wildman–Crippen MR) is 200 cm³/mol.